The molecule has 1 aromatic carbocycles. The summed E-state index contributed by atoms with van der Waals surface area (Å²) >= 11 is 0. The van der Waals surface area contributed by atoms with E-state index in [-0.39, 0.29) is 11.3 Å². The molecule has 116 valence electrons. The van der Waals surface area contributed by atoms with Gasteiger partial charge in [-0.15, -0.1) is 0 Å². The highest BCUT2D eigenvalue weighted by Gasteiger charge is 2.43. The summed E-state index contributed by atoms with van der Waals surface area (Å²) in [6.07, 6.45) is 3.81. The second kappa shape index (κ2) is 6.15. The molecular formula is C15H21NO4S. The molecule has 0 spiro atoms. The molecular weight excluding hydrogens is 290 g/mol. The second-order valence-corrected chi connectivity index (χ2v) is 7.61. The molecule has 0 aromatic heterocycles. The number of hydrogen-bond acceptors (Lipinski definition) is 3. The Morgan fingerprint density at radius 3 is 2.29 bits per heavy atom. The van der Waals surface area contributed by atoms with Crippen LogP contribution in [0.3, 0.4) is 0 Å². The Kier molecular flexibility index (Phi) is 4.68. The first kappa shape index (κ1) is 16.0. The summed E-state index contributed by atoms with van der Waals surface area (Å²) < 4.78 is 26.8. The maximum atomic E-state index is 12.8. The predicted octanol–water partition coefficient (Wildman–Crippen LogP) is 2.48. The first-order valence-corrected chi connectivity index (χ1v) is 8.58. The topological polar surface area (TPSA) is 74.7 Å². The van der Waals surface area contributed by atoms with Crippen LogP contribution in [0.25, 0.3) is 0 Å². The predicted molar refractivity (Wildman–Crippen MR) is 79.5 cm³/mol. The largest absolute Gasteiger partial charge is 0.481 e. The third kappa shape index (κ3) is 3.27. The molecule has 1 saturated carbocycles. The highest BCUT2D eigenvalue weighted by Crippen LogP contribution is 2.38. The number of sulfonamides is 1. The summed E-state index contributed by atoms with van der Waals surface area (Å²) in [7, 11) is -2.16. The number of nitrogens with zero attached hydrogens (tertiary/aromatic N) is 1. The number of hydrogen-bond donors (Lipinski definition) is 1. The lowest BCUT2D eigenvalue weighted by molar-refractivity contribution is -0.140. The van der Waals surface area contributed by atoms with Gasteiger partial charge in [-0.3, -0.25) is 4.79 Å². The third-order valence-electron chi connectivity index (χ3n) is 4.33. The Bertz CT molecular complexity index is 591. The molecule has 1 N–H and O–H groups in total. The van der Waals surface area contributed by atoms with Gasteiger partial charge in [0, 0.05) is 12.6 Å². The molecule has 0 saturated heterocycles. The van der Waals surface area contributed by atoms with E-state index in [1.165, 1.54) is 11.4 Å². The quantitative estimate of drug-likeness (QED) is 0.906. The van der Waals surface area contributed by atoms with E-state index < -0.39 is 21.5 Å². The van der Waals surface area contributed by atoms with Gasteiger partial charge in [0.15, 0.2) is 0 Å². The van der Waals surface area contributed by atoms with E-state index in [1.807, 2.05) is 0 Å². The molecule has 5 nitrogen and oxygen atoms in total. The molecule has 0 radical (unpaired) electrons. The average Bonchev–Trinajstić information content (AvgIpc) is 2.47. The molecule has 1 aliphatic rings. The van der Waals surface area contributed by atoms with Crippen molar-refractivity contribution in [3.05, 3.63) is 30.3 Å². The van der Waals surface area contributed by atoms with Crippen molar-refractivity contribution in [2.75, 3.05) is 7.05 Å². The van der Waals surface area contributed by atoms with Crippen LogP contribution in [0.5, 0.6) is 0 Å². The van der Waals surface area contributed by atoms with Crippen LogP contribution in [-0.2, 0) is 14.8 Å². The smallest absolute Gasteiger partial charge is 0.305 e. The van der Waals surface area contributed by atoms with Gasteiger partial charge in [0.25, 0.3) is 0 Å². The van der Waals surface area contributed by atoms with Crippen molar-refractivity contribution in [3.63, 3.8) is 0 Å². The summed E-state index contributed by atoms with van der Waals surface area (Å²) in [6.45, 7) is 0. The molecule has 2 rings (SSSR count). The molecule has 6 heteroatoms. The van der Waals surface area contributed by atoms with E-state index in [4.69, 9.17) is 0 Å². The standard InChI is InChI=1S/C15H21NO4S/c1-16(21(19,20)13-8-4-2-5-9-13)15(12-14(17)18)10-6-3-7-11-15/h2,4-5,8-9H,3,6-7,10-12H2,1H3,(H,17,18). The molecule has 1 aromatic rings. The normalized spacial score (nSPS) is 18.6. The van der Waals surface area contributed by atoms with Crippen molar-refractivity contribution in [2.24, 2.45) is 0 Å². The van der Waals surface area contributed by atoms with Gasteiger partial charge >= 0.3 is 5.97 Å². The van der Waals surface area contributed by atoms with Crippen LogP contribution >= 0.6 is 0 Å². The summed E-state index contributed by atoms with van der Waals surface area (Å²) in [5, 5.41) is 9.19. The van der Waals surface area contributed by atoms with Gasteiger partial charge < -0.3 is 5.11 Å². The van der Waals surface area contributed by atoms with Crippen molar-refractivity contribution in [1.82, 2.24) is 4.31 Å². The third-order valence-corrected chi connectivity index (χ3v) is 6.31. The lowest BCUT2D eigenvalue weighted by atomic mass is 9.79. The van der Waals surface area contributed by atoms with E-state index in [1.54, 1.807) is 30.3 Å². The van der Waals surface area contributed by atoms with Crippen molar-refractivity contribution >= 4 is 16.0 Å². The van der Waals surface area contributed by atoms with Crippen LogP contribution in [-0.4, -0.2) is 36.4 Å². The fourth-order valence-corrected chi connectivity index (χ4v) is 4.67. The molecule has 0 unspecified atom stereocenters. The van der Waals surface area contributed by atoms with E-state index in [0.29, 0.717) is 12.8 Å². The van der Waals surface area contributed by atoms with Gasteiger partial charge in [-0.1, -0.05) is 37.5 Å². The first-order chi connectivity index (χ1) is 9.88. The van der Waals surface area contributed by atoms with Gasteiger partial charge in [0.05, 0.1) is 11.3 Å². The zero-order valence-electron chi connectivity index (χ0n) is 12.2. The second-order valence-electron chi connectivity index (χ2n) is 5.64. The van der Waals surface area contributed by atoms with E-state index >= 15 is 0 Å². The molecule has 0 heterocycles. The van der Waals surface area contributed by atoms with Crippen LogP contribution < -0.4 is 0 Å². The monoisotopic (exact) mass is 311 g/mol. The van der Waals surface area contributed by atoms with Crippen LogP contribution in [0, 0.1) is 0 Å². The van der Waals surface area contributed by atoms with Crippen molar-refractivity contribution in [3.8, 4) is 0 Å². The minimum atomic E-state index is -3.67. The molecule has 0 amide bonds. The number of rotatable bonds is 5. The Hall–Kier alpha value is -1.40. The van der Waals surface area contributed by atoms with Crippen molar-refractivity contribution in [2.45, 2.75) is 49.0 Å². The highest BCUT2D eigenvalue weighted by molar-refractivity contribution is 7.89. The summed E-state index contributed by atoms with van der Waals surface area (Å²) in [4.78, 5) is 11.4. The minimum absolute atomic E-state index is 0.143. The van der Waals surface area contributed by atoms with E-state index in [2.05, 4.69) is 0 Å². The molecule has 1 fully saturated rings. The maximum Gasteiger partial charge on any atom is 0.305 e. The zero-order chi connectivity index (χ0) is 15.5. The summed E-state index contributed by atoms with van der Waals surface area (Å²) in [5.41, 5.74) is -0.807. The van der Waals surface area contributed by atoms with Gasteiger partial charge in [-0.05, 0) is 25.0 Å². The number of carboxylic acid groups (broad SMARTS) is 1. The van der Waals surface area contributed by atoms with Crippen LogP contribution in [0.15, 0.2) is 35.2 Å². The molecule has 1 aliphatic carbocycles. The molecule has 0 atom stereocenters. The fourth-order valence-electron chi connectivity index (χ4n) is 3.10. The van der Waals surface area contributed by atoms with Gasteiger partial charge in [0.2, 0.25) is 10.0 Å². The molecule has 0 bridgehead atoms. The Labute approximate surface area is 125 Å². The minimum Gasteiger partial charge on any atom is -0.481 e. The highest BCUT2D eigenvalue weighted by atomic mass is 32.2. The van der Waals surface area contributed by atoms with E-state index in [9.17, 15) is 18.3 Å². The molecule has 21 heavy (non-hydrogen) atoms. The number of carbonyl (C=O) groups is 1. The zero-order valence-corrected chi connectivity index (χ0v) is 13.0. The number of carboxylic acids is 1. The number of aliphatic carboxylic acids is 1. The Morgan fingerprint density at radius 1 is 1.19 bits per heavy atom. The fraction of sp³-hybridized carbons (Fsp3) is 0.533. The summed E-state index contributed by atoms with van der Waals surface area (Å²) in [5.74, 6) is -0.952. The maximum absolute atomic E-state index is 12.8. The van der Waals surface area contributed by atoms with Gasteiger partial charge in [-0.25, -0.2) is 8.42 Å². The Balaban J connectivity index is 2.38. The van der Waals surface area contributed by atoms with Crippen LogP contribution in [0.2, 0.25) is 0 Å². The lowest BCUT2D eigenvalue weighted by Crippen LogP contribution is -2.51. The average molecular weight is 311 g/mol. The van der Waals surface area contributed by atoms with Gasteiger partial charge in [0.1, 0.15) is 0 Å². The SMILES string of the molecule is CN(C1(CC(=O)O)CCCCC1)S(=O)(=O)c1ccccc1. The number of benzene rings is 1. The van der Waals surface area contributed by atoms with Crippen LogP contribution in [0.4, 0.5) is 0 Å². The Morgan fingerprint density at radius 2 is 1.76 bits per heavy atom. The lowest BCUT2D eigenvalue weighted by Gasteiger charge is -2.42. The summed E-state index contributed by atoms with van der Waals surface area (Å²) in [6, 6.07) is 8.19. The van der Waals surface area contributed by atoms with E-state index in [0.717, 1.165) is 19.3 Å². The van der Waals surface area contributed by atoms with Gasteiger partial charge in [-0.2, -0.15) is 4.31 Å². The van der Waals surface area contributed by atoms with Crippen LogP contribution in [0.1, 0.15) is 38.5 Å². The molecule has 0 aliphatic heterocycles. The van der Waals surface area contributed by atoms with Crippen molar-refractivity contribution < 1.29 is 18.3 Å². The van der Waals surface area contributed by atoms with Crippen molar-refractivity contribution in [1.29, 1.82) is 0 Å². The first-order valence-electron chi connectivity index (χ1n) is 7.14.